The van der Waals surface area contributed by atoms with Gasteiger partial charge in [0.15, 0.2) is 0 Å². The molecule has 0 heterocycles. The van der Waals surface area contributed by atoms with E-state index < -0.39 is 10.4 Å². The monoisotopic (exact) mass is 570 g/mol. The van der Waals surface area contributed by atoms with E-state index in [1.165, 1.54) is 109 Å². The van der Waals surface area contributed by atoms with E-state index in [-0.39, 0.29) is 37.0 Å². The molecule has 0 atom stereocenters. The molecule has 0 aromatic heterocycles. The number of carbonyl (C=O) groups excluding carboxylic acids is 1. The molecular formula is C30H59NaO6S. The predicted molar refractivity (Wildman–Crippen MR) is 157 cm³/mol. The second kappa shape index (κ2) is 34.8. The van der Waals surface area contributed by atoms with Gasteiger partial charge in [0, 0.05) is 6.42 Å². The first-order valence-corrected chi connectivity index (χ1v) is 16.4. The molecule has 8 heteroatoms. The van der Waals surface area contributed by atoms with E-state index in [2.05, 4.69) is 38.2 Å². The maximum atomic E-state index is 11.8. The fraction of sp³-hybridized carbons (Fsp3) is 0.833. The van der Waals surface area contributed by atoms with E-state index in [1.807, 2.05) is 0 Å². The second-order valence-corrected chi connectivity index (χ2v) is 10.7. The fourth-order valence-corrected chi connectivity index (χ4v) is 3.93. The van der Waals surface area contributed by atoms with Gasteiger partial charge >= 0.3 is 45.9 Å². The molecule has 0 aromatic carbocycles. The maximum Gasteiger partial charge on any atom is 1.00 e. The number of unbranched alkanes of at least 4 members (excludes halogenated alkanes) is 17. The van der Waals surface area contributed by atoms with Crippen LogP contribution in [-0.4, -0.2) is 30.1 Å². The van der Waals surface area contributed by atoms with Crippen molar-refractivity contribution in [2.24, 2.45) is 0 Å². The molecule has 38 heavy (non-hydrogen) atoms. The SMILES string of the molecule is CCCCC/C=C\C/C=C\CCCCCCCC(=O)OCCCCCCCCCCCC.O=S(=O)(O)O.[H-].[Na+]. The first kappa shape index (κ1) is 42.3. The Balaban J connectivity index is -0.000000796. The molecule has 0 rings (SSSR count). The Morgan fingerprint density at radius 1 is 0.632 bits per heavy atom. The summed E-state index contributed by atoms with van der Waals surface area (Å²) in [5.74, 6) is 0.00612. The van der Waals surface area contributed by atoms with Gasteiger partial charge in [-0.1, -0.05) is 128 Å². The molecule has 0 saturated carbocycles. The summed E-state index contributed by atoms with van der Waals surface area (Å²) in [4.78, 5) is 11.8. The van der Waals surface area contributed by atoms with Crippen molar-refractivity contribution in [3.63, 3.8) is 0 Å². The smallest absolute Gasteiger partial charge is 1.00 e. The topological polar surface area (TPSA) is 101 Å². The van der Waals surface area contributed by atoms with Gasteiger partial charge in [-0.15, -0.1) is 0 Å². The zero-order valence-corrected chi connectivity index (χ0v) is 27.8. The molecule has 0 aliphatic heterocycles. The summed E-state index contributed by atoms with van der Waals surface area (Å²) in [6, 6.07) is 0. The second-order valence-electron chi connectivity index (χ2n) is 9.83. The molecule has 0 saturated heterocycles. The minimum Gasteiger partial charge on any atom is -1.00 e. The van der Waals surface area contributed by atoms with E-state index in [0.29, 0.717) is 13.0 Å². The van der Waals surface area contributed by atoms with Crippen LogP contribution in [0.15, 0.2) is 24.3 Å². The summed E-state index contributed by atoms with van der Waals surface area (Å²) in [6.45, 7) is 5.14. The van der Waals surface area contributed by atoms with E-state index in [4.69, 9.17) is 22.3 Å². The molecule has 0 spiro atoms. The largest absolute Gasteiger partial charge is 1.00 e. The minimum absolute atomic E-state index is 0. The summed E-state index contributed by atoms with van der Waals surface area (Å²) >= 11 is 0. The van der Waals surface area contributed by atoms with Gasteiger partial charge in [0.25, 0.3) is 0 Å². The van der Waals surface area contributed by atoms with Gasteiger partial charge in [0.1, 0.15) is 0 Å². The van der Waals surface area contributed by atoms with Crippen LogP contribution in [0.25, 0.3) is 0 Å². The average Bonchev–Trinajstić information content (AvgIpc) is 2.84. The Kier molecular flexibility index (Phi) is 38.8. The van der Waals surface area contributed by atoms with Crippen LogP contribution in [0.2, 0.25) is 0 Å². The number of hydrogen-bond donors (Lipinski definition) is 2. The van der Waals surface area contributed by atoms with Crippen LogP contribution in [0, 0.1) is 0 Å². The summed E-state index contributed by atoms with van der Waals surface area (Å²) < 4.78 is 37.0. The van der Waals surface area contributed by atoms with Gasteiger partial charge in [0.2, 0.25) is 0 Å². The number of carbonyl (C=O) groups is 1. The van der Waals surface area contributed by atoms with Crippen molar-refractivity contribution in [3.8, 4) is 0 Å². The number of ether oxygens (including phenoxy) is 1. The van der Waals surface area contributed by atoms with Gasteiger partial charge in [-0.25, -0.2) is 0 Å². The number of allylic oxidation sites excluding steroid dienone is 4. The molecule has 0 bridgehead atoms. The Bertz CT molecular complexity index is 633. The average molecular weight is 571 g/mol. The van der Waals surface area contributed by atoms with Gasteiger partial charge in [-0.3, -0.25) is 13.9 Å². The minimum atomic E-state index is -4.67. The molecule has 2 N–H and O–H groups in total. The third-order valence-electron chi connectivity index (χ3n) is 6.09. The molecule has 6 nitrogen and oxygen atoms in total. The zero-order valence-electron chi connectivity index (χ0n) is 26.0. The Hall–Kier alpha value is -0.180. The van der Waals surface area contributed by atoms with Gasteiger partial charge in [-0.05, 0) is 44.9 Å². The van der Waals surface area contributed by atoms with Crippen LogP contribution in [0.3, 0.4) is 0 Å². The first-order valence-electron chi connectivity index (χ1n) is 15.0. The van der Waals surface area contributed by atoms with Crippen molar-refractivity contribution in [3.05, 3.63) is 24.3 Å². The summed E-state index contributed by atoms with van der Waals surface area (Å²) in [6.07, 6.45) is 36.3. The molecule has 0 radical (unpaired) electrons. The Labute approximate surface area is 259 Å². The van der Waals surface area contributed by atoms with Crippen molar-refractivity contribution in [2.75, 3.05) is 6.61 Å². The maximum absolute atomic E-state index is 11.8. The fourth-order valence-electron chi connectivity index (χ4n) is 3.93. The Morgan fingerprint density at radius 3 is 1.50 bits per heavy atom. The van der Waals surface area contributed by atoms with Crippen LogP contribution >= 0.6 is 0 Å². The van der Waals surface area contributed by atoms with E-state index >= 15 is 0 Å². The van der Waals surface area contributed by atoms with Crippen LogP contribution in [-0.2, 0) is 19.9 Å². The first-order chi connectivity index (χ1) is 17.8. The third-order valence-corrected chi connectivity index (χ3v) is 6.09. The zero-order chi connectivity index (χ0) is 27.9. The molecular weight excluding hydrogens is 511 g/mol. The molecule has 0 unspecified atom stereocenters. The quantitative estimate of drug-likeness (QED) is 0.0415. The van der Waals surface area contributed by atoms with Crippen LogP contribution < -0.4 is 29.6 Å². The molecule has 222 valence electrons. The molecule has 0 fully saturated rings. The number of hydrogen-bond acceptors (Lipinski definition) is 4. The number of esters is 1. The number of rotatable bonds is 25. The molecule has 0 aliphatic carbocycles. The van der Waals surface area contributed by atoms with E-state index in [0.717, 1.165) is 25.7 Å². The normalized spacial score (nSPS) is 11.4. The predicted octanol–water partition coefficient (Wildman–Crippen LogP) is 6.73. The van der Waals surface area contributed by atoms with Gasteiger partial charge in [0.05, 0.1) is 6.61 Å². The van der Waals surface area contributed by atoms with Crippen LogP contribution in [0.4, 0.5) is 0 Å². The van der Waals surface area contributed by atoms with Crippen molar-refractivity contribution >= 4 is 16.4 Å². The third kappa shape index (κ3) is 48.8. The van der Waals surface area contributed by atoms with E-state index in [9.17, 15) is 4.79 Å². The summed E-state index contributed by atoms with van der Waals surface area (Å²) in [7, 11) is -4.67. The van der Waals surface area contributed by atoms with Crippen LogP contribution in [0.5, 0.6) is 0 Å². The van der Waals surface area contributed by atoms with E-state index in [1.54, 1.807) is 0 Å². The van der Waals surface area contributed by atoms with Crippen molar-refractivity contribution in [1.29, 1.82) is 0 Å². The standard InChI is InChI=1S/C30H56O2.Na.H2O4S.H/c1-3-5-7-9-11-13-15-16-17-18-19-20-22-24-26-28-30(31)32-29-27-25-23-21-14-12-10-8-6-4-2;;1-5(2,3)4;/h11,13,16-17H,3-10,12,14-15,18-29H2,1-2H3;;(H2,1,2,3,4);/q;+1;;-1/b13-11-,17-16-;;;. The van der Waals surface area contributed by atoms with Crippen molar-refractivity contribution in [1.82, 2.24) is 0 Å². The molecule has 0 aliphatic rings. The van der Waals surface area contributed by atoms with Gasteiger partial charge < -0.3 is 6.16 Å². The Morgan fingerprint density at radius 2 is 1.00 bits per heavy atom. The summed E-state index contributed by atoms with van der Waals surface area (Å²) in [5.41, 5.74) is 0. The molecule has 0 aromatic rings. The van der Waals surface area contributed by atoms with Gasteiger partial charge in [-0.2, -0.15) is 8.42 Å². The van der Waals surface area contributed by atoms with Crippen molar-refractivity contribution in [2.45, 2.75) is 155 Å². The van der Waals surface area contributed by atoms with Crippen molar-refractivity contribution < 1.29 is 58.0 Å². The van der Waals surface area contributed by atoms with Crippen LogP contribution in [0.1, 0.15) is 157 Å². The summed E-state index contributed by atoms with van der Waals surface area (Å²) in [5, 5.41) is 0. The molecule has 0 amide bonds.